The van der Waals surface area contributed by atoms with Gasteiger partial charge in [-0.1, -0.05) is 36.4 Å². The van der Waals surface area contributed by atoms with Crippen LogP contribution in [-0.4, -0.2) is 48.3 Å². The molecular weight excluding hydrogens is 308 g/mol. The van der Waals surface area contributed by atoms with Crippen LogP contribution in [-0.2, 0) is 18.9 Å². The van der Waals surface area contributed by atoms with E-state index >= 15 is 0 Å². The highest BCUT2D eigenvalue weighted by Gasteiger charge is 2.44. The minimum Gasteiger partial charge on any atom is -0.390 e. The molecule has 0 radical (unpaired) electrons. The van der Waals surface area contributed by atoms with Crippen LogP contribution < -0.4 is 0 Å². The van der Waals surface area contributed by atoms with Crippen LogP contribution in [0.2, 0.25) is 0 Å². The molecule has 3 fully saturated rings. The van der Waals surface area contributed by atoms with Gasteiger partial charge in [0, 0.05) is 12.0 Å². The second-order valence-corrected chi connectivity index (χ2v) is 6.72. The van der Waals surface area contributed by atoms with Gasteiger partial charge in [0.25, 0.3) is 0 Å². The summed E-state index contributed by atoms with van der Waals surface area (Å²) >= 11 is 0. The van der Waals surface area contributed by atoms with Crippen LogP contribution in [0.25, 0.3) is 0 Å². The number of benzene rings is 1. The van der Waals surface area contributed by atoms with Gasteiger partial charge in [-0.15, -0.1) is 6.58 Å². The summed E-state index contributed by atoms with van der Waals surface area (Å²) in [5, 5.41) is 10.1. The van der Waals surface area contributed by atoms with Crippen molar-refractivity contribution in [1.29, 1.82) is 0 Å². The van der Waals surface area contributed by atoms with Gasteiger partial charge < -0.3 is 24.1 Å². The van der Waals surface area contributed by atoms with Crippen molar-refractivity contribution in [3.05, 3.63) is 48.6 Å². The molecule has 3 heterocycles. The second kappa shape index (κ2) is 6.94. The minimum absolute atomic E-state index is 0.0162. The van der Waals surface area contributed by atoms with Crippen molar-refractivity contribution in [2.45, 2.75) is 62.2 Å². The first-order chi connectivity index (χ1) is 11.7. The molecule has 0 amide bonds. The lowest BCUT2D eigenvalue weighted by molar-refractivity contribution is -0.276. The molecule has 0 aromatic heterocycles. The zero-order valence-electron chi connectivity index (χ0n) is 13.6. The maximum absolute atomic E-state index is 10.1. The summed E-state index contributed by atoms with van der Waals surface area (Å²) in [5.41, 5.74) is 1.02. The molecule has 1 aromatic carbocycles. The monoisotopic (exact) mass is 332 g/mol. The smallest absolute Gasteiger partial charge is 0.184 e. The Bertz CT molecular complexity index is 562. The molecule has 3 aliphatic heterocycles. The largest absolute Gasteiger partial charge is 0.390 e. The molecule has 24 heavy (non-hydrogen) atoms. The molecule has 0 aliphatic carbocycles. The maximum Gasteiger partial charge on any atom is 0.184 e. The topological polar surface area (TPSA) is 57.2 Å². The average molecular weight is 332 g/mol. The fourth-order valence-corrected chi connectivity index (χ4v) is 3.81. The molecule has 5 nitrogen and oxygen atoms in total. The summed E-state index contributed by atoms with van der Waals surface area (Å²) in [6, 6.07) is 9.97. The van der Waals surface area contributed by atoms with E-state index in [-0.39, 0.29) is 36.8 Å². The van der Waals surface area contributed by atoms with Crippen molar-refractivity contribution in [3.63, 3.8) is 0 Å². The van der Waals surface area contributed by atoms with Gasteiger partial charge in [-0.2, -0.15) is 0 Å². The van der Waals surface area contributed by atoms with Gasteiger partial charge in [-0.05, 0) is 12.8 Å². The number of ether oxygens (including phenoxy) is 4. The molecule has 0 bridgehead atoms. The Morgan fingerprint density at radius 1 is 0.958 bits per heavy atom. The zero-order chi connectivity index (χ0) is 16.5. The van der Waals surface area contributed by atoms with Crippen molar-refractivity contribution in [3.8, 4) is 0 Å². The highest BCUT2D eigenvalue weighted by molar-refractivity contribution is 5.16. The minimum atomic E-state index is -0.567. The summed E-state index contributed by atoms with van der Waals surface area (Å²) in [6.45, 7) is 4.24. The van der Waals surface area contributed by atoms with Gasteiger partial charge in [-0.25, -0.2) is 0 Å². The van der Waals surface area contributed by atoms with E-state index < -0.39 is 6.10 Å². The Labute approximate surface area is 142 Å². The first-order valence-corrected chi connectivity index (χ1v) is 8.68. The van der Waals surface area contributed by atoms with Crippen LogP contribution >= 0.6 is 0 Å². The SMILES string of the molecule is C=C[C@@H]1O[C@@H]2CC[C@@H]3O[C@H](c4ccccc4)OC[C@H]3O[C@H]2C[C@H]1O. The lowest BCUT2D eigenvalue weighted by atomic mass is 9.95. The Morgan fingerprint density at radius 2 is 1.71 bits per heavy atom. The number of hydrogen-bond acceptors (Lipinski definition) is 5. The molecule has 7 atom stereocenters. The van der Waals surface area contributed by atoms with E-state index in [1.54, 1.807) is 6.08 Å². The summed E-state index contributed by atoms with van der Waals surface area (Å²) in [7, 11) is 0. The third-order valence-electron chi connectivity index (χ3n) is 5.11. The molecule has 3 saturated heterocycles. The molecule has 3 aliphatic rings. The van der Waals surface area contributed by atoms with E-state index in [0.29, 0.717) is 13.0 Å². The lowest BCUT2D eigenvalue weighted by Crippen LogP contribution is -2.49. The van der Waals surface area contributed by atoms with Crippen molar-refractivity contribution < 1.29 is 24.1 Å². The Kier molecular flexibility index (Phi) is 4.70. The van der Waals surface area contributed by atoms with Gasteiger partial charge >= 0.3 is 0 Å². The molecular formula is C19H24O5. The molecule has 0 spiro atoms. The Balaban J connectivity index is 1.45. The fourth-order valence-electron chi connectivity index (χ4n) is 3.81. The van der Waals surface area contributed by atoms with Crippen LogP contribution in [0, 0.1) is 0 Å². The van der Waals surface area contributed by atoms with E-state index in [4.69, 9.17) is 18.9 Å². The summed E-state index contributed by atoms with van der Waals surface area (Å²) in [5.74, 6) is 0. The summed E-state index contributed by atoms with van der Waals surface area (Å²) in [4.78, 5) is 0. The van der Waals surface area contributed by atoms with Crippen LogP contribution in [0.4, 0.5) is 0 Å². The van der Waals surface area contributed by atoms with Crippen LogP contribution in [0.1, 0.15) is 31.1 Å². The van der Waals surface area contributed by atoms with Gasteiger partial charge in [0.2, 0.25) is 0 Å². The summed E-state index contributed by atoms with van der Waals surface area (Å²) in [6.07, 6.45) is 2.44. The van der Waals surface area contributed by atoms with Crippen molar-refractivity contribution >= 4 is 0 Å². The Morgan fingerprint density at radius 3 is 2.46 bits per heavy atom. The third-order valence-corrected chi connectivity index (χ3v) is 5.11. The van der Waals surface area contributed by atoms with E-state index in [1.807, 2.05) is 30.3 Å². The number of fused-ring (bicyclic) bond motifs is 2. The molecule has 1 N–H and O–H groups in total. The molecule has 130 valence electrons. The highest BCUT2D eigenvalue weighted by atomic mass is 16.7. The maximum atomic E-state index is 10.1. The first-order valence-electron chi connectivity index (χ1n) is 8.68. The highest BCUT2D eigenvalue weighted by Crippen LogP contribution is 2.36. The van der Waals surface area contributed by atoms with Crippen molar-refractivity contribution in [2.75, 3.05) is 6.61 Å². The quantitative estimate of drug-likeness (QED) is 0.843. The van der Waals surface area contributed by atoms with Gasteiger partial charge in [-0.3, -0.25) is 0 Å². The molecule has 5 heteroatoms. The van der Waals surface area contributed by atoms with Crippen molar-refractivity contribution in [1.82, 2.24) is 0 Å². The molecule has 1 aromatic rings. The standard InChI is InChI=1S/C19H24O5/c1-2-14-13(20)10-17-15(22-14)8-9-16-18(23-17)11-21-19(24-16)12-6-4-3-5-7-12/h2-7,13-20H,1,8-11H2/t13-,14+,15-,16+,17+,18-,19-/m1/s1. The predicted octanol–water partition coefficient (Wildman–Crippen LogP) is 2.35. The van der Waals surface area contributed by atoms with Crippen LogP contribution in [0.3, 0.4) is 0 Å². The average Bonchev–Trinajstić information content (AvgIpc) is 2.79. The van der Waals surface area contributed by atoms with E-state index in [0.717, 1.165) is 18.4 Å². The first kappa shape index (κ1) is 16.2. The number of rotatable bonds is 2. The number of aliphatic hydroxyl groups is 1. The normalized spacial score (nSPS) is 42.5. The van der Waals surface area contributed by atoms with Gasteiger partial charge in [0.15, 0.2) is 6.29 Å². The third kappa shape index (κ3) is 3.15. The molecule has 4 rings (SSSR count). The van der Waals surface area contributed by atoms with Gasteiger partial charge in [0.1, 0.15) is 12.2 Å². The second-order valence-electron chi connectivity index (χ2n) is 6.72. The predicted molar refractivity (Wildman–Crippen MR) is 87.4 cm³/mol. The number of aliphatic hydroxyl groups excluding tert-OH is 1. The lowest BCUT2D eigenvalue weighted by Gasteiger charge is -2.39. The number of hydrogen-bond donors (Lipinski definition) is 1. The van der Waals surface area contributed by atoms with Crippen molar-refractivity contribution in [2.24, 2.45) is 0 Å². The van der Waals surface area contributed by atoms with E-state index in [1.165, 1.54) is 0 Å². The van der Waals surface area contributed by atoms with Crippen LogP contribution in [0.15, 0.2) is 43.0 Å². The van der Waals surface area contributed by atoms with Gasteiger partial charge in [0.05, 0.1) is 31.0 Å². The zero-order valence-corrected chi connectivity index (χ0v) is 13.6. The summed E-state index contributed by atoms with van der Waals surface area (Å²) < 4.78 is 24.2. The molecule has 0 saturated carbocycles. The fraction of sp³-hybridized carbons (Fsp3) is 0.579. The van der Waals surface area contributed by atoms with Crippen LogP contribution in [0.5, 0.6) is 0 Å². The van der Waals surface area contributed by atoms with E-state index in [9.17, 15) is 5.11 Å². The molecule has 0 unspecified atom stereocenters. The van der Waals surface area contributed by atoms with E-state index in [2.05, 4.69) is 6.58 Å². The Hall–Kier alpha value is -1.24.